The Bertz CT molecular complexity index is 552. The van der Waals surface area contributed by atoms with Gasteiger partial charge in [0.25, 0.3) is 0 Å². The van der Waals surface area contributed by atoms with Crippen LogP contribution in [0.2, 0.25) is 10.0 Å². The Hall–Kier alpha value is -1.18. The van der Waals surface area contributed by atoms with Gasteiger partial charge < -0.3 is 5.32 Å². The Morgan fingerprint density at radius 2 is 1.74 bits per heavy atom. The largest absolute Gasteiger partial charge is 0.383 e. The highest BCUT2D eigenvalue weighted by Gasteiger charge is 2.08. The number of anilines is 1. The monoisotopic (exact) mass is 293 g/mol. The molecule has 0 aliphatic heterocycles. The summed E-state index contributed by atoms with van der Waals surface area (Å²) in [5.41, 5.74) is 3.19. The molecule has 0 aliphatic rings. The third-order valence-corrected chi connectivity index (χ3v) is 3.94. The van der Waals surface area contributed by atoms with Crippen LogP contribution in [0.3, 0.4) is 0 Å². The number of hydrogen-bond acceptors (Lipinski definition) is 1. The minimum Gasteiger partial charge on any atom is -0.383 e. The van der Waals surface area contributed by atoms with Crippen LogP contribution in [-0.2, 0) is 0 Å². The molecule has 0 fully saturated rings. The molecular formula is C16H17Cl2N. The van der Waals surface area contributed by atoms with Gasteiger partial charge in [-0.25, -0.2) is 0 Å². The number of hydrogen-bond donors (Lipinski definition) is 1. The van der Waals surface area contributed by atoms with Gasteiger partial charge in [-0.15, -0.1) is 0 Å². The first-order chi connectivity index (χ1) is 9.08. The smallest absolute Gasteiger partial charge is 0.0641 e. The van der Waals surface area contributed by atoms with Crippen LogP contribution in [0.5, 0.6) is 0 Å². The lowest BCUT2D eigenvalue weighted by Crippen LogP contribution is -2.10. The fraction of sp³-hybridized carbons (Fsp3) is 0.250. The summed E-state index contributed by atoms with van der Waals surface area (Å²) in [6.07, 6.45) is 0. The van der Waals surface area contributed by atoms with Crippen LogP contribution in [0.1, 0.15) is 24.0 Å². The fourth-order valence-corrected chi connectivity index (χ4v) is 2.39. The maximum absolute atomic E-state index is 6.21. The van der Waals surface area contributed by atoms with Crippen molar-refractivity contribution in [2.24, 2.45) is 0 Å². The molecule has 1 nitrogen and oxygen atoms in total. The SMILES string of the molecule is Cc1cc(Cl)c(NCC(C)c2ccccc2)cc1Cl. The van der Waals surface area contributed by atoms with Gasteiger partial charge in [-0.1, -0.05) is 60.5 Å². The second kappa shape index (κ2) is 6.31. The third kappa shape index (κ3) is 3.65. The first-order valence-electron chi connectivity index (χ1n) is 6.32. The highest BCUT2D eigenvalue weighted by Crippen LogP contribution is 2.29. The second-order valence-electron chi connectivity index (χ2n) is 4.77. The molecule has 1 unspecified atom stereocenters. The van der Waals surface area contributed by atoms with E-state index in [1.807, 2.05) is 25.1 Å². The van der Waals surface area contributed by atoms with Gasteiger partial charge in [0.2, 0.25) is 0 Å². The van der Waals surface area contributed by atoms with Crippen molar-refractivity contribution in [1.29, 1.82) is 0 Å². The summed E-state index contributed by atoms with van der Waals surface area (Å²) in [7, 11) is 0. The maximum atomic E-state index is 6.21. The maximum Gasteiger partial charge on any atom is 0.0641 e. The molecule has 100 valence electrons. The van der Waals surface area contributed by atoms with Crippen molar-refractivity contribution in [3.8, 4) is 0 Å². The molecule has 0 radical (unpaired) electrons. The van der Waals surface area contributed by atoms with E-state index >= 15 is 0 Å². The molecule has 0 aromatic heterocycles. The van der Waals surface area contributed by atoms with E-state index in [1.54, 1.807) is 0 Å². The fourth-order valence-electron chi connectivity index (χ4n) is 1.94. The Labute approximate surface area is 124 Å². The van der Waals surface area contributed by atoms with Gasteiger partial charge in [-0.05, 0) is 36.1 Å². The van der Waals surface area contributed by atoms with Crippen LogP contribution in [-0.4, -0.2) is 6.54 Å². The van der Waals surface area contributed by atoms with Gasteiger partial charge in [-0.2, -0.15) is 0 Å². The number of benzene rings is 2. The normalized spacial score (nSPS) is 12.2. The van der Waals surface area contributed by atoms with Crippen molar-refractivity contribution in [3.63, 3.8) is 0 Å². The van der Waals surface area contributed by atoms with E-state index in [1.165, 1.54) is 5.56 Å². The number of rotatable bonds is 4. The molecule has 3 heteroatoms. The molecule has 1 atom stereocenters. The molecule has 0 amide bonds. The van der Waals surface area contributed by atoms with Crippen molar-refractivity contribution in [1.82, 2.24) is 0 Å². The van der Waals surface area contributed by atoms with Gasteiger partial charge in [-0.3, -0.25) is 0 Å². The second-order valence-corrected chi connectivity index (χ2v) is 5.59. The summed E-state index contributed by atoms with van der Waals surface area (Å²) < 4.78 is 0. The number of halogens is 2. The Morgan fingerprint density at radius 3 is 2.42 bits per heavy atom. The zero-order valence-electron chi connectivity index (χ0n) is 11.1. The number of aryl methyl sites for hydroxylation is 1. The van der Waals surface area contributed by atoms with Crippen LogP contribution in [0.25, 0.3) is 0 Å². The van der Waals surface area contributed by atoms with Crippen LogP contribution in [0.15, 0.2) is 42.5 Å². The Morgan fingerprint density at radius 1 is 1.05 bits per heavy atom. The van der Waals surface area contributed by atoms with Crippen LogP contribution >= 0.6 is 23.2 Å². The van der Waals surface area contributed by atoms with E-state index in [9.17, 15) is 0 Å². The molecule has 0 saturated heterocycles. The average molecular weight is 294 g/mol. The summed E-state index contributed by atoms with van der Waals surface area (Å²) in [6, 6.07) is 14.2. The van der Waals surface area contributed by atoms with E-state index in [-0.39, 0.29) is 0 Å². The molecule has 2 aromatic carbocycles. The molecule has 0 aliphatic carbocycles. The molecule has 0 heterocycles. The highest BCUT2D eigenvalue weighted by molar-refractivity contribution is 6.35. The van der Waals surface area contributed by atoms with E-state index in [2.05, 4.69) is 36.5 Å². The Kier molecular flexibility index (Phi) is 4.73. The predicted octanol–water partition coefficient (Wildman–Crippen LogP) is 5.52. The first kappa shape index (κ1) is 14.2. The summed E-state index contributed by atoms with van der Waals surface area (Å²) in [4.78, 5) is 0. The molecule has 0 spiro atoms. The lowest BCUT2D eigenvalue weighted by Gasteiger charge is -2.15. The predicted molar refractivity (Wildman–Crippen MR) is 84.5 cm³/mol. The van der Waals surface area contributed by atoms with Crippen molar-refractivity contribution in [3.05, 3.63) is 63.6 Å². The average Bonchev–Trinajstić information content (AvgIpc) is 2.42. The quantitative estimate of drug-likeness (QED) is 0.783. The first-order valence-corrected chi connectivity index (χ1v) is 7.08. The lowest BCUT2D eigenvalue weighted by molar-refractivity contribution is 0.805. The Balaban J connectivity index is 2.05. The summed E-state index contributed by atoms with van der Waals surface area (Å²) >= 11 is 12.3. The van der Waals surface area contributed by atoms with Crippen molar-refractivity contribution < 1.29 is 0 Å². The van der Waals surface area contributed by atoms with E-state index in [0.29, 0.717) is 10.9 Å². The van der Waals surface area contributed by atoms with Gasteiger partial charge in [0.15, 0.2) is 0 Å². The zero-order chi connectivity index (χ0) is 13.8. The molecule has 19 heavy (non-hydrogen) atoms. The summed E-state index contributed by atoms with van der Waals surface area (Å²) in [6.45, 7) is 4.96. The van der Waals surface area contributed by atoms with Crippen LogP contribution in [0, 0.1) is 6.92 Å². The highest BCUT2D eigenvalue weighted by atomic mass is 35.5. The lowest BCUT2D eigenvalue weighted by atomic mass is 10.0. The molecule has 0 saturated carbocycles. The molecular weight excluding hydrogens is 277 g/mol. The van der Waals surface area contributed by atoms with Gasteiger partial charge in [0.1, 0.15) is 0 Å². The van der Waals surface area contributed by atoms with Crippen molar-refractivity contribution in [2.75, 3.05) is 11.9 Å². The molecule has 0 bridgehead atoms. The van der Waals surface area contributed by atoms with E-state index in [4.69, 9.17) is 23.2 Å². The van der Waals surface area contributed by atoms with Crippen LogP contribution in [0.4, 0.5) is 5.69 Å². The minimum atomic E-state index is 0.414. The molecule has 2 aromatic rings. The summed E-state index contributed by atoms with van der Waals surface area (Å²) in [5, 5.41) is 4.81. The third-order valence-electron chi connectivity index (χ3n) is 3.22. The van der Waals surface area contributed by atoms with E-state index in [0.717, 1.165) is 22.8 Å². The summed E-state index contributed by atoms with van der Waals surface area (Å²) in [5.74, 6) is 0.414. The number of nitrogens with one attached hydrogen (secondary N) is 1. The molecule has 1 N–H and O–H groups in total. The van der Waals surface area contributed by atoms with Crippen molar-refractivity contribution >= 4 is 28.9 Å². The molecule has 2 rings (SSSR count). The van der Waals surface area contributed by atoms with Gasteiger partial charge in [0.05, 0.1) is 10.7 Å². The van der Waals surface area contributed by atoms with Crippen molar-refractivity contribution in [2.45, 2.75) is 19.8 Å². The van der Waals surface area contributed by atoms with Gasteiger partial charge in [0, 0.05) is 11.6 Å². The van der Waals surface area contributed by atoms with Crippen LogP contribution < -0.4 is 5.32 Å². The topological polar surface area (TPSA) is 12.0 Å². The zero-order valence-corrected chi connectivity index (χ0v) is 12.6. The standard InChI is InChI=1S/C16H17Cl2N/c1-11-8-15(18)16(9-14(11)17)19-10-12(2)13-6-4-3-5-7-13/h3-9,12,19H,10H2,1-2H3. The van der Waals surface area contributed by atoms with E-state index < -0.39 is 0 Å². The van der Waals surface area contributed by atoms with Gasteiger partial charge >= 0.3 is 0 Å². The minimum absolute atomic E-state index is 0.414.